The van der Waals surface area contributed by atoms with Gasteiger partial charge in [-0.2, -0.15) is 4.31 Å². The van der Waals surface area contributed by atoms with Crippen molar-refractivity contribution < 1.29 is 27.5 Å². The zero-order valence-corrected chi connectivity index (χ0v) is 19.0. The summed E-state index contributed by atoms with van der Waals surface area (Å²) in [5.41, 5.74) is 0.473. The highest BCUT2D eigenvalue weighted by atomic mass is 35.5. The van der Waals surface area contributed by atoms with Gasteiger partial charge in [0.05, 0.1) is 21.2 Å². The van der Waals surface area contributed by atoms with Gasteiger partial charge in [-0.25, -0.2) is 13.2 Å². The fourth-order valence-corrected chi connectivity index (χ4v) is 5.11. The lowest BCUT2D eigenvalue weighted by Gasteiger charge is -2.26. The normalized spacial score (nSPS) is 14.6. The molecule has 0 unspecified atom stereocenters. The van der Waals surface area contributed by atoms with E-state index >= 15 is 0 Å². The number of para-hydroxylation sites is 1. The van der Waals surface area contributed by atoms with Gasteiger partial charge in [0, 0.05) is 18.7 Å². The maximum absolute atomic E-state index is 12.9. The molecule has 1 amide bonds. The van der Waals surface area contributed by atoms with Crippen LogP contribution in [0, 0.1) is 0 Å². The van der Waals surface area contributed by atoms with E-state index in [1.807, 2.05) is 0 Å². The van der Waals surface area contributed by atoms with Gasteiger partial charge in [-0.1, -0.05) is 30.2 Å². The van der Waals surface area contributed by atoms with Crippen LogP contribution in [-0.2, 0) is 19.6 Å². The Morgan fingerprint density at radius 1 is 1.03 bits per heavy atom. The van der Waals surface area contributed by atoms with Gasteiger partial charge in [-0.15, -0.1) is 0 Å². The van der Waals surface area contributed by atoms with Crippen molar-refractivity contribution in [1.29, 1.82) is 0 Å². The van der Waals surface area contributed by atoms with Gasteiger partial charge < -0.3 is 10.1 Å². The van der Waals surface area contributed by atoms with Gasteiger partial charge >= 0.3 is 5.97 Å². The molecule has 2 aromatic carbocycles. The first-order chi connectivity index (χ1) is 15.2. The predicted molar refractivity (Wildman–Crippen MR) is 119 cm³/mol. The van der Waals surface area contributed by atoms with E-state index in [-0.39, 0.29) is 21.3 Å². The number of nitrogens with one attached hydrogen (secondary N) is 1. The number of amides is 1. The Labute approximate surface area is 191 Å². The third kappa shape index (κ3) is 5.53. The number of Topliss-reactive ketones (excluding diaryl/α,β-unsaturated/α-hetero) is 1. The number of anilines is 1. The summed E-state index contributed by atoms with van der Waals surface area (Å²) in [6.45, 7) is 1.59. The van der Waals surface area contributed by atoms with Crippen molar-refractivity contribution in [3.8, 4) is 0 Å². The Bertz CT molecular complexity index is 1140. The fourth-order valence-electron chi connectivity index (χ4n) is 3.37. The molecule has 1 heterocycles. The van der Waals surface area contributed by atoms with Crippen molar-refractivity contribution in [2.45, 2.75) is 31.1 Å². The van der Waals surface area contributed by atoms with Crippen LogP contribution in [0.1, 0.15) is 46.9 Å². The zero-order valence-electron chi connectivity index (χ0n) is 17.5. The number of benzene rings is 2. The maximum atomic E-state index is 12.9. The van der Waals surface area contributed by atoms with E-state index in [1.165, 1.54) is 23.4 Å². The van der Waals surface area contributed by atoms with Crippen molar-refractivity contribution in [3.63, 3.8) is 0 Å². The molecule has 1 saturated heterocycles. The Balaban J connectivity index is 1.69. The van der Waals surface area contributed by atoms with E-state index in [1.54, 1.807) is 24.3 Å². The lowest BCUT2D eigenvalue weighted by molar-refractivity contribution is -0.119. The minimum Gasteiger partial charge on any atom is -0.452 e. The highest BCUT2D eigenvalue weighted by Gasteiger charge is 2.27. The van der Waals surface area contributed by atoms with E-state index in [0.717, 1.165) is 25.3 Å². The number of nitrogens with zero attached hydrogens (tertiary/aromatic N) is 1. The molecule has 0 spiro atoms. The molecule has 1 N–H and O–H groups in total. The number of rotatable bonds is 7. The molecule has 2 aromatic rings. The second kappa shape index (κ2) is 10.2. The molecule has 0 bridgehead atoms. The molecule has 0 radical (unpaired) electrons. The molecule has 0 atom stereocenters. The summed E-state index contributed by atoms with van der Waals surface area (Å²) in [5.74, 6) is -1.81. The first-order valence-electron chi connectivity index (χ1n) is 10.1. The summed E-state index contributed by atoms with van der Waals surface area (Å²) in [4.78, 5) is 36.3. The van der Waals surface area contributed by atoms with E-state index in [2.05, 4.69) is 5.32 Å². The molecular formula is C22H23ClN2O6S. The molecule has 32 heavy (non-hydrogen) atoms. The molecule has 0 saturated carbocycles. The molecule has 0 aliphatic carbocycles. The first kappa shape index (κ1) is 23.9. The minimum atomic E-state index is -3.76. The summed E-state index contributed by atoms with van der Waals surface area (Å²) >= 11 is 6.08. The number of carbonyl (C=O) groups excluding carboxylic acids is 3. The summed E-state index contributed by atoms with van der Waals surface area (Å²) in [6, 6.07) is 10.3. The van der Waals surface area contributed by atoms with Crippen LogP contribution in [0.4, 0.5) is 5.69 Å². The number of hydrogen-bond donors (Lipinski definition) is 1. The molecule has 0 aromatic heterocycles. The van der Waals surface area contributed by atoms with Gasteiger partial charge in [-0.05, 0) is 50.1 Å². The number of halogens is 1. The average Bonchev–Trinajstić information content (AvgIpc) is 2.78. The van der Waals surface area contributed by atoms with Crippen molar-refractivity contribution in [1.82, 2.24) is 4.31 Å². The van der Waals surface area contributed by atoms with E-state index in [0.29, 0.717) is 24.3 Å². The third-order valence-electron chi connectivity index (χ3n) is 5.03. The van der Waals surface area contributed by atoms with Gasteiger partial charge in [0.1, 0.15) is 0 Å². The molecule has 1 aliphatic rings. The van der Waals surface area contributed by atoms with Gasteiger partial charge in [0.25, 0.3) is 5.91 Å². The first-order valence-corrected chi connectivity index (χ1v) is 11.9. The van der Waals surface area contributed by atoms with Crippen LogP contribution in [0.25, 0.3) is 0 Å². The second-order valence-electron chi connectivity index (χ2n) is 7.33. The Morgan fingerprint density at radius 2 is 1.72 bits per heavy atom. The molecule has 170 valence electrons. The Hall–Kier alpha value is -2.75. The van der Waals surface area contributed by atoms with Crippen molar-refractivity contribution in [3.05, 3.63) is 58.6 Å². The number of piperidine rings is 1. The van der Waals surface area contributed by atoms with Crippen LogP contribution in [0.15, 0.2) is 47.4 Å². The quantitative estimate of drug-likeness (QED) is 0.481. The molecule has 10 heteroatoms. The summed E-state index contributed by atoms with van der Waals surface area (Å²) in [6.07, 6.45) is 2.54. The Morgan fingerprint density at radius 3 is 2.41 bits per heavy atom. The topological polar surface area (TPSA) is 110 Å². The highest BCUT2D eigenvalue weighted by Crippen LogP contribution is 2.25. The highest BCUT2D eigenvalue weighted by molar-refractivity contribution is 7.89. The molecule has 1 fully saturated rings. The lowest BCUT2D eigenvalue weighted by Crippen LogP contribution is -2.35. The number of hydrogen-bond acceptors (Lipinski definition) is 6. The van der Waals surface area contributed by atoms with Crippen LogP contribution in [0.2, 0.25) is 5.02 Å². The summed E-state index contributed by atoms with van der Waals surface area (Å²) in [7, 11) is -3.76. The molecule has 3 rings (SSSR count). The number of ether oxygens (including phenoxy) is 1. The van der Waals surface area contributed by atoms with Gasteiger partial charge in [0.15, 0.2) is 12.4 Å². The monoisotopic (exact) mass is 478 g/mol. The third-order valence-corrected chi connectivity index (χ3v) is 7.25. The number of sulfonamides is 1. The van der Waals surface area contributed by atoms with Crippen LogP contribution < -0.4 is 5.32 Å². The van der Waals surface area contributed by atoms with E-state index in [4.69, 9.17) is 16.3 Å². The maximum Gasteiger partial charge on any atom is 0.340 e. The fraction of sp³-hybridized carbons (Fsp3) is 0.318. The minimum absolute atomic E-state index is 0.00919. The lowest BCUT2D eigenvalue weighted by atomic mass is 10.1. The van der Waals surface area contributed by atoms with Gasteiger partial charge in [-0.3, -0.25) is 9.59 Å². The average molecular weight is 479 g/mol. The van der Waals surface area contributed by atoms with Crippen LogP contribution in [0.5, 0.6) is 0 Å². The van der Waals surface area contributed by atoms with E-state index in [9.17, 15) is 22.8 Å². The molecule has 1 aliphatic heterocycles. The Kier molecular flexibility index (Phi) is 7.65. The van der Waals surface area contributed by atoms with Crippen molar-refractivity contribution >= 4 is 45.0 Å². The van der Waals surface area contributed by atoms with Crippen LogP contribution in [0.3, 0.4) is 0 Å². The van der Waals surface area contributed by atoms with E-state index < -0.39 is 28.5 Å². The summed E-state index contributed by atoms with van der Waals surface area (Å²) < 4.78 is 32.1. The van der Waals surface area contributed by atoms with Gasteiger partial charge in [0.2, 0.25) is 10.0 Å². The molecule has 8 nitrogen and oxygen atoms in total. The standard InChI is InChI=1S/C22H23ClN2O6S/c1-15(26)17-7-3-4-8-20(17)24-21(27)14-31-22(28)18-13-16(9-10-19(18)23)32(29,30)25-11-5-2-6-12-25/h3-4,7-10,13H,2,5-6,11-12,14H2,1H3,(H,24,27). The van der Waals surface area contributed by atoms with Crippen molar-refractivity contribution in [2.24, 2.45) is 0 Å². The zero-order chi connectivity index (χ0) is 23.3. The number of ketones is 1. The smallest absolute Gasteiger partial charge is 0.340 e. The number of carbonyl (C=O) groups is 3. The second-order valence-corrected chi connectivity index (χ2v) is 9.68. The SMILES string of the molecule is CC(=O)c1ccccc1NC(=O)COC(=O)c1cc(S(=O)(=O)N2CCCCC2)ccc1Cl. The largest absolute Gasteiger partial charge is 0.452 e. The predicted octanol–water partition coefficient (Wildman–Crippen LogP) is 3.51. The number of esters is 1. The summed E-state index contributed by atoms with van der Waals surface area (Å²) in [5, 5.41) is 2.53. The van der Waals surface area contributed by atoms with Crippen LogP contribution in [-0.4, -0.2) is 50.1 Å². The molecular weight excluding hydrogens is 456 g/mol. The van der Waals surface area contributed by atoms with Crippen LogP contribution >= 0.6 is 11.6 Å². The van der Waals surface area contributed by atoms with Crippen molar-refractivity contribution in [2.75, 3.05) is 25.0 Å².